The van der Waals surface area contributed by atoms with Gasteiger partial charge in [0.15, 0.2) is 0 Å². The van der Waals surface area contributed by atoms with Gasteiger partial charge in [0.25, 0.3) is 5.56 Å². The Kier molecular flexibility index (Phi) is 6.81. The highest BCUT2D eigenvalue weighted by Gasteiger charge is 2.09. The molecule has 0 aliphatic rings. The second-order valence-corrected chi connectivity index (χ2v) is 5.39. The van der Waals surface area contributed by atoms with E-state index in [0.717, 1.165) is 18.2 Å². The van der Waals surface area contributed by atoms with E-state index in [1.807, 2.05) is 0 Å². The number of nitrogens with zero attached hydrogens (tertiary/aromatic N) is 1. The molecule has 130 valence electrons. The molecular weight excluding hydrogens is 310 g/mol. The van der Waals surface area contributed by atoms with Crippen molar-refractivity contribution in [3.8, 4) is 5.75 Å². The van der Waals surface area contributed by atoms with Crippen molar-refractivity contribution in [3.63, 3.8) is 0 Å². The van der Waals surface area contributed by atoms with E-state index in [2.05, 4.69) is 6.92 Å². The van der Waals surface area contributed by atoms with Crippen molar-refractivity contribution in [2.45, 2.75) is 26.3 Å². The van der Waals surface area contributed by atoms with Crippen LogP contribution in [0.2, 0.25) is 0 Å². The third kappa shape index (κ3) is 4.83. The summed E-state index contributed by atoms with van der Waals surface area (Å²) in [6.45, 7) is 3.21. The van der Waals surface area contributed by atoms with Crippen molar-refractivity contribution in [2.75, 3.05) is 26.9 Å². The van der Waals surface area contributed by atoms with Gasteiger partial charge in [-0.1, -0.05) is 13.3 Å². The Morgan fingerprint density at radius 1 is 1.17 bits per heavy atom. The minimum Gasteiger partial charge on any atom is -0.497 e. The third-order valence-corrected chi connectivity index (χ3v) is 3.62. The van der Waals surface area contributed by atoms with Gasteiger partial charge in [-0.15, -0.1) is 0 Å². The molecule has 0 radical (unpaired) electrons. The molecule has 0 amide bonds. The highest BCUT2D eigenvalue weighted by Crippen LogP contribution is 2.17. The van der Waals surface area contributed by atoms with Gasteiger partial charge in [0, 0.05) is 18.2 Å². The van der Waals surface area contributed by atoms with E-state index in [9.17, 15) is 9.59 Å². The molecule has 0 fully saturated rings. The SMILES string of the molecule is CCCCOCCOC(=O)Cn1ccc2cc(OC)ccc2c1=O. The van der Waals surface area contributed by atoms with Crippen molar-refractivity contribution in [2.24, 2.45) is 0 Å². The fourth-order valence-corrected chi connectivity index (χ4v) is 2.27. The number of carbonyl (C=O) groups excluding carboxylic acids is 1. The van der Waals surface area contributed by atoms with Crippen LogP contribution < -0.4 is 10.3 Å². The zero-order valence-corrected chi connectivity index (χ0v) is 14.1. The topological polar surface area (TPSA) is 66.8 Å². The number of hydrogen-bond donors (Lipinski definition) is 0. The summed E-state index contributed by atoms with van der Waals surface area (Å²) >= 11 is 0. The van der Waals surface area contributed by atoms with Crippen LogP contribution in [-0.4, -0.2) is 37.5 Å². The first-order valence-corrected chi connectivity index (χ1v) is 8.06. The van der Waals surface area contributed by atoms with Gasteiger partial charge in [0.2, 0.25) is 0 Å². The number of aromatic nitrogens is 1. The molecule has 2 rings (SSSR count). The number of ether oxygens (including phenoxy) is 3. The molecule has 0 atom stereocenters. The molecule has 2 aromatic rings. The number of rotatable bonds is 9. The van der Waals surface area contributed by atoms with E-state index >= 15 is 0 Å². The van der Waals surface area contributed by atoms with Gasteiger partial charge in [-0.3, -0.25) is 9.59 Å². The standard InChI is InChI=1S/C18H23NO5/c1-3-4-9-23-10-11-24-17(20)13-19-8-7-14-12-15(22-2)5-6-16(14)18(19)21/h5-8,12H,3-4,9-11,13H2,1-2H3. The van der Waals surface area contributed by atoms with Crippen LogP contribution in [0.15, 0.2) is 35.3 Å². The number of unbranched alkanes of at least 4 members (excludes halogenated alkanes) is 1. The quantitative estimate of drug-likeness (QED) is 0.521. The van der Waals surface area contributed by atoms with Crippen LogP contribution in [0.4, 0.5) is 0 Å². The summed E-state index contributed by atoms with van der Waals surface area (Å²) in [7, 11) is 1.57. The highest BCUT2D eigenvalue weighted by molar-refractivity contribution is 5.83. The predicted octanol–water partition coefficient (Wildman–Crippen LogP) is 2.37. The van der Waals surface area contributed by atoms with Crippen molar-refractivity contribution in [3.05, 3.63) is 40.8 Å². The summed E-state index contributed by atoms with van der Waals surface area (Å²) < 4.78 is 16.9. The van der Waals surface area contributed by atoms with E-state index < -0.39 is 5.97 Å². The molecule has 0 aliphatic carbocycles. The minimum absolute atomic E-state index is 0.115. The normalized spacial score (nSPS) is 10.8. The van der Waals surface area contributed by atoms with Gasteiger partial charge in [-0.2, -0.15) is 0 Å². The maximum atomic E-state index is 12.4. The molecular formula is C18H23NO5. The van der Waals surface area contributed by atoms with Crippen LogP contribution in [-0.2, 0) is 20.8 Å². The lowest BCUT2D eigenvalue weighted by Crippen LogP contribution is -2.25. The van der Waals surface area contributed by atoms with Crippen LogP contribution in [0.3, 0.4) is 0 Å². The average molecular weight is 333 g/mol. The molecule has 0 unspecified atom stereocenters. The molecule has 0 saturated carbocycles. The summed E-state index contributed by atoms with van der Waals surface area (Å²) in [6.07, 6.45) is 3.64. The largest absolute Gasteiger partial charge is 0.497 e. The molecule has 0 N–H and O–H groups in total. The van der Waals surface area contributed by atoms with Crippen molar-refractivity contribution in [1.29, 1.82) is 0 Å². The maximum absolute atomic E-state index is 12.4. The summed E-state index contributed by atoms with van der Waals surface area (Å²) in [6, 6.07) is 6.98. The molecule has 0 spiro atoms. The van der Waals surface area contributed by atoms with Gasteiger partial charge in [0.05, 0.1) is 13.7 Å². The van der Waals surface area contributed by atoms with Crippen LogP contribution in [0, 0.1) is 0 Å². The van der Waals surface area contributed by atoms with Crippen molar-refractivity contribution in [1.82, 2.24) is 4.57 Å². The number of methoxy groups -OCH3 is 1. The average Bonchev–Trinajstić information content (AvgIpc) is 2.60. The lowest BCUT2D eigenvalue weighted by atomic mass is 10.1. The minimum atomic E-state index is -0.455. The first kappa shape index (κ1) is 18.0. The lowest BCUT2D eigenvalue weighted by Gasteiger charge is -2.09. The van der Waals surface area contributed by atoms with Crippen molar-refractivity contribution < 1.29 is 19.0 Å². The van der Waals surface area contributed by atoms with E-state index in [0.29, 0.717) is 24.3 Å². The van der Waals surface area contributed by atoms with Gasteiger partial charge in [-0.25, -0.2) is 0 Å². The lowest BCUT2D eigenvalue weighted by molar-refractivity contribution is -0.146. The molecule has 24 heavy (non-hydrogen) atoms. The highest BCUT2D eigenvalue weighted by atomic mass is 16.6. The number of hydrogen-bond acceptors (Lipinski definition) is 5. The monoisotopic (exact) mass is 333 g/mol. The molecule has 0 saturated heterocycles. The van der Waals surface area contributed by atoms with Crippen LogP contribution in [0.5, 0.6) is 5.75 Å². The Hall–Kier alpha value is -2.34. The number of esters is 1. The summed E-state index contributed by atoms with van der Waals surface area (Å²) in [5.41, 5.74) is -0.230. The Bertz CT molecular complexity index is 738. The Labute approximate surface area is 140 Å². The molecule has 6 heteroatoms. The molecule has 1 aromatic carbocycles. The molecule has 0 aliphatic heterocycles. The van der Waals surface area contributed by atoms with Gasteiger partial charge in [-0.05, 0) is 36.1 Å². The van der Waals surface area contributed by atoms with Gasteiger partial charge < -0.3 is 18.8 Å². The molecule has 0 bridgehead atoms. The van der Waals surface area contributed by atoms with Crippen LogP contribution in [0.25, 0.3) is 10.8 Å². The summed E-state index contributed by atoms with van der Waals surface area (Å²) in [5, 5.41) is 1.31. The first-order chi connectivity index (χ1) is 11.7. The zero-order valence-electron chi connectivity index (χ0n) is 14.1. The number of fused-ring (bicyclic) bond motifs is 1. The van der Waals surface area contributed by atoms with E-state index in [-0.39, 0.29) is 18.7 Å². The fourth-order valence-electron chi connectivity index (χ4n) is 2.27. The second kappa shape index (κ2) is 9.08. The van der Waals surface area contributed by atoms with Gasteiger partial charge >= 0.3 is 5.97 Å². The van der Waals surface area contributed by atoms with E-state index in [1.54, 1.807) is 37.6 Å². The Morgan fingerprint density at radius 2 is 2.00 bits per heavy atom. The number of benzene rings is 1. The number of carbonyl (C=O) groups is 1. The van der Waals surface area contributed by atoms with Gasteiger partial charge in [0.1, 0.15) is 18.9 Å². The van der Waals surface area contributed by atoms with E-state index in [1.165, 1.54) is 4.57 Å². The number of pyridine rings is 1. The zero-order chi connectivity index (χ0) is 17.4. The fraction of sp³-hybridized carbons (Fsp3) is 0.444. The maximum Gasteiger partial charge on any atom is 0.326 e. The first-order valence-electron chi connectivity index (χ1n) is 8.06. The predicted molar refractivity (Wildman–Crippen MR) is 91.4 cm³/mol. The van der Waals surface area contributed by atoms with Crippen molar-refractivity contribution >= 4 is 16.7 Å². The van der Waals surface area contributed by atoms with Crippen LogP contribution >= 0.6 is 0 Å². The molecule has 6 nitrogen and oxygen atoms in total. The summed E-state index contributed by atoms with van der Waals surface area (Å²) in [5.74, 6) is 0.228. The van der Waals surface area contributed by atoms with Crippen LogP contribution in [0.1, 0.15) is 19.8 Å². The summed E-state index contributed by atoms with van der Waals surface area (Å²) in [4.78, 5) is 24.2. The second-order valence-electron chi connectivity index (χ2n) is 5.39. The molecule has 1 aromatic heterocycles. The van der Waals surface area contributed by atoms with E-state index in [4.69, 9.17) is 14.2 Å². The Balaban J connectivity index is 1.93. The smallest absolute Gasteiger partial charge is 0.326 e. The Morgan fingerprint density at radius 3 is 2.75 bits per heavy atom. The third-order valence-electron chi connectivity index (χ3n) is 3.62. The molecule has 1 heterocycles.